The highest BCUT2D eigenvalue weighted by molar-refractivity contribution is 6.23. The van der Waals surface area contributed by atoms with Crippen LogP contribution in [0.25, 0.3) is 44.0 Å². The summed E-state index contributed by atoms with van der Waals surface area (Å²) in [5.41, 5.74) is 2.84. The van der Waals surface area contributed by atoms with E-state index in [1.165, 1.54) is 22.9 Å². The molecule has 2 N–H and O–H groups in total. The molecule has 0 aliphatic carbocycles. The Bertz CT molecular complexity index is 1230. The molecule has 1 heterocycles. The Hall–Kier alpha value is -3.73. The molecule has 5 aromatic rings. The second kappa shape index (κ2) is 7.12. The van der Waals surface area contributed by atoms with E-state index in [-0.39, 0.29) is 5.82 Å². The quantitative estimate of drug-likeness (QED) is 0.367. The average Bonchev–Trinajstić information content (AvgIpc) is 3.14. The van der Waals surface area contributed by atoms with Gasteiger partial charge in [0.25, 0.3) is 5.97 Å². The number of rotatable bonds is 1. The maximum absolute atomic E-state index is 13.2. The smallest absolute Gasteiger partial charge is 0.300 e. The largest absolute Gasteiger partial charge is 0.481 e. The summed E-state index contributed by atoms with van der Waals surface area (Å²) in [4.78, 5) is 17.2. The Morgan fingerprint density at radius 1 is 0.857 bits per heavy atom. The fraction of sp³-hybridized carbons (Fsp3) is 0.0435. The van der Waals surface area contributed by atoms with Gasteiger partial charge in [0.2, 0.25) is 0 Å². The van der Waals surface area contributed by atoms with Crippen LogP contribution >= 0.6 is 0 Å². The third kappa shape index (κ3) is 3.18. The van der Waals surface area contributed by atoms with E-state index < -0.39 is 5.97 Å². The van der Waals surface area contributed by atoms with Crippen LogP contribution in [0.4, 0.5) is 4.39 Å². The van der Waals surface area contributed by atoms with Crippen molar-refractivity contribution in [3.05, 3.63) is 78.6 Å². The number of hydrogen-bond donors (Lipinski definition) is 2. The van der Waals surface area contributed by atoms with Crippen molar-refractivity contribution >= 4 is 38.5 Å². The number of imidazole rings is 1. The molecule has 5 rings (SSSR count). The van der Waals surface area contributed by atoms with E-state index in [2.05, 4.69) is 35.3 Å². The number of carboxylic acids is 1. The maximum Gasteiger partial charge on any atom is 0.300 e. The zero-order valence-electron chi connectivity index (χ0n) is 15.1. The Morgan fingerprint density at radius 2 is 1.36 bits per heavy atom. The molecule has 138 valence electrons. The number of nitrogens with one attached hydrogen (secondary N) is 1. The Morgan fingerprint density at radius 3 is 1.96 bits per heavy atom. The van der Waals surface area contributed by atoms with Crippen molar-refractivity contribution in [1.29, 1.82) is 0 Å². The molecule has 0 bridgehead atoms. The van der Waals surface area contributed by atoms with Crippen molar-refractivity contribution in [3.8, 4) is 11.4 Å². The van der Waals surface area contributed by atoms with Gasteiger partial charge in [-0.3, -0.25) is 4.79 Å². The first kappa shape index (κ1) is 17.7. The molecule has 0 unspecified atom stereocenters. The predicted molar refractivity (Wildman–Crippen MR) is 110 cm³/mol. The van der Waals surface area contributed by atoms with Crippen LogP contribution < -0.4 is 0 Å². The summed E-state index contributed by atoms with van der Waals surface area (Å²) in [6.07, 6.45) is 0. The molecule has 0 fully saturated rings. The molecule has 0 radical (unpaired) electrons. The van der Waals surface area contributed by atoms with E-state index in [4.69, 9.17) is 14.9 Å². The number of nitrogens with zero attached hydrogens (tertiary/aromatic N) is 1. The van der Waals surface area contributed by atoms with Gasteiger partial charge in [-0.1, -0.05) is 48.5 Å². The summed E-state index contributed by atoms with van der Waals surface area (Å²) in [6, 6.07) is 23.0. The molecule has 0 aliphatic heterocycles. The van der Waals surface area contributed by atoms with Crippen LogP contribution in [-0.2, 0) is 4.79 Å². The van der Waals surface area contributed by atoms with Gasteiger partial charge >= 0.3 is 0 Å². The molecule has 0 saturated carbocycles. The van der Waals surface area contributed by atoms with Crippen LogP contribution in [0.5, 0.6) is 0 Å². The van der Waals surface area contributed by atoms with Crippen LogP contribution in [0.2, 0.25) is 0 Å². The van der Waals surface area contributed by atoms with E-state index >= 15 is 0 Å². The first-order valence-corrected chi connectivity index (χ1v) is 8.79. The Labute approximate surface area is 160 Å². The molecule has 5 heteroatoms. The number of hydrogen-bond acceptors (Lipinski definition) is 2. The molecular formula is C23H17FN2O2. The highest BCUT2D eigenvalue weighted by Gasteiger charge is 2.13. The molecule has 1 aromatic heterocycles. The van der Waals surface area contributed by atoms with Crippen molar-refractivity contribution in [2.45, 2.75) is 6.92 Å². The minimum absolute atomic E-state index is 0.245. The zero-order chi connectivity index (χ0) is 19.7. The lowest BCUT2D eigenvalue weighted by Crippen LogP contribution is -1.81. The van der Waals surface area contributed by atoms with Crippen LogP contribution in [0.15, 0.2) is 72.8 Å². The van der Waals surface area contributed by atoms with Crippen LogP contribution in [0.1, 0.15) is 6.92 Å². The number of H-pyrrole nitrogens is 1. The molecule has 0 aliphatic rings. The van der Waals surface area contributed by atoms with Gasteiger partial charge in [0.1, 0.15) is 11.6 Å². The highest BCUT2D eigenvalue weighted by atomic mass is 19.1. The second-order valence-corrected chi connectivity index (χ2v) is 6.43. The van der Waals surface area contributed by atoms with E-state index in [1.54, 1.807) is 12.1 Å². The van der Waals surface area contributed by atoms with Crippen LogP contribution in [0.3, 0.4) is 0 Å². The topological polar surface area (TPSA) is 66.0 Å². The molecule has 0 amide bonds. The number of aliphatic carboxylic acids is 1. The van der Waals surface area contributed by atoms with Crippen molar-refractivity contribution < 1.29 is 14.3 Å². The number of aromatic nitrogens is 2. The Kier molecular flexibility index (Phi) is 4.49. The first-order chi connectivity index (χ1) is 13.5. The van der Waals surface area contributed by atoms with E-state index in [1.807, 2.05) is 18.2 Å². The standard InChI is InChI=1S/C21H13FN2.C2H4O2/c22-14-11-9-13(10-12-14)21-23-19-17-7-3-1-5-15(17)16-6-2-4-8-18(16)20(19)24-21;1-2(3)4/h1-12H,(H,23,24);1H3,(H,3,4). The number of fused-ring (bicyclic) bond motifs is 6. The first-order valence-electron chi connectivity index (χ1n) is 8.79. The fourth-order valence-electron chi connectivity index (χ4n) is 3.37. The minimum atomic E-state index is -0.833. The normalized spacial score (nSPS) is 10.8. The summed E-state index contributed by atoms with van der Waals surface area (Å²) in [5.74, 6) is -0.322. The van der Waals surface area contributed by atoms with Crippen LogP contribution in [-0.4, -0.2) is 21.0 Å². The second-order valence-electron chi connectivity index (χ2n) is 6.43. The molecule has 0 spiro atoms. The van der Waals surface area contributed by atoms with Gasteiger partial charge in [-0.2, -0.15) is 0 Å². The molecule has 0 atom stereocenters. The Balaban J connectivity index is 0.000000442. The number of carboxylic acid groups (broad SMARTS) is 1. The zero-order valence-corrected chi connectivity index (χ0v) is 15.1. The van der Waals surface area contributed by atoms with Crippen LogP contribution in [0, 0.1) is 5.82 Å². The summed E-state index contributed by atoms with van der Waals surface area (Å²) in [7, 11) is 0. The lowest BCUT2D eigenvalue weighted by molar-refractivity contribution is -0.134. The van der Waals surface area contributed by atoms with Crippen molar-refractivity contribution in [2.24, 2.45) is 0 Å². The predicted octanol–water partition coefficient (Wildman–Crippen LogP) is 5.77. The van der Waals surface area contributed by atoms with Gasteiger partial charge in [0.15, 0.2) is 0 Å². The van der Waals surface area contributed by atoms with Gasteiger partial charge in [0.05, 0.1) is 11.0 Å². The highest BCUT2D eigenvalue weighted by Crippen LogP contribution is 2.34. The molecule has 4 nitrogen and oxygen atoms in total. The van der Waals surface area contributed by atoms with Crippen molar-refractivity contribution in [3.63, 3.8) is 0 Å². The monoisotopic (exact) mass is 372 g/mol. The van der Waals surface area contributed by atoms with Gasteiger partial charge in [-0.15, -0.1) is 0 Å². The molecular weight excluding hydrogens is 355 g/mol. The van der Waals surface area contributed by atoms with Gasteiger partial charge in [-0.05, 0) is 35.0 Å². The molecule has 0 saturated heterocycles. The summed E-state index contributed by atoms with van der Waals surface area (Å²) >= 11 is 0. The van der Waals surface area contributed by atoms with Crippen molar-refractivity contribution in [2.75, 3.05) is 0 Å². The third-order valence-electron chi connectivity index (χ3n) is 4.49. The average molecular weight is 372 g/mol. The number of aromatic amines is 1. The van der Waals surface area contributed by atoms with Crippen molar-refractivity contribution in [1.82, 2.24) is 9.97 Å². The van der Waals surface area contributed by atoms with Gasteiger partial charge in [0, 0.05) is 23.3 Å². The number of halogens is 1. The van der Waals surface area contributed by atoms with Gasteiger partial charge < -0.3 is 10.1 Å². The summed E-state index contributed by atoms with van der Waals surface area (Å²) in [5, 5.41) is 12.1. The molecule has 28 heavy (non-hydrogen) atoms. The van der Waals surface area contributed by atoms with E-state index in [0.29, 0.717) is 0 Å². The number of carbonyl (C=O) groups is 1. The lowest BCUT2D eigenvalue weighted by Gasteiger charge is -2.05. The fourth-order valence-corrected chi connectivity index (χ4v) is 3.37. The van der Waals surface area contributed by atoms with E-state index in [0.717, 1.165) is 40.1 Å². The summed E-state index contributed by atoms with van der Waals surface area (Å²) in [6.45, 7) is 1.08. The van der Waals surface area contributed by atoms with Gasteiger partial charge in [-0.25, -0.2) is 9.37 Å². The SMILES string of the molecule is CC(=O)O.Fc1ccc(-c2nc3c4ccccc4c4ccccc4c3[nH]2)cc1. The number of benzene rings is 4. The van der Waals surface area contributed by atoms with E-state index in [9.17, 15) is 4.39 Å². The third-order valence-corrected chi connectivity index (χ3v) is 4.49. The minimum Gasteiger partial charge on any atom is -0.481 e. The molecule has 4 aromatic carbocycles. The maximum atomic E-state index is 13.2. The summed E-state index contributed by atoms with van der Waals surface area (Å²) < 4.78 is 13.2. The lowest BCUT2D eigenvalue weighted by atomic mass is 10.0.